The number of nitrogens with zero attached hydrogens (tertiary/aromatic N) is 1. The SMILES string of the molecule is CCCC(=O)c1ccc(NCc2cncs2)cc1. The Balaban J connectivity index is 1.93. The van der Waals surface area contributed by atoms with Gasteiger partial charge in [0.1, 0.15) is 0 Å². The molecular formula is C14H16N2OS. The summed E-state index contributed by atoms with van der Waals surface area (Å²) < 4.78 is 0. The first-order chi connectivity index (χ1) is 8.79. The number of carbonyl (C=O) groups excluding carboxylic acids is 1. The molecule has 0 radical (unpaired) electrons. The van der Waals surface area contributed by atoms with Crippen molar-refractivity contribution < 1.29 is 4.79 Å². The van der Waals surface area contributed by atoms with Crippen molar-refractivity contribution in [3.05, 3.63) is 46.4 Å². The van der Waals surface area contributed by atoms with Gasteiger partial charge >= 0.3 is 0 Å². The van der Waals surface area contributed by atoms with E-state index >= 15 is 0 Å². The molecule has 0 fully saturated rings. The molecule has 0 aliphatic heterocycles. The van der Waals surface area contributed by atoms with E-state index in [0.717, 1.165) is 24.2 Å². The Morgan fingerprint density at radius 3 is 2.72 bits per heavy atom. The van der Waals surface area contributed by atoms with Crippen LogP contribution in [0.3, 0.4) is 0 Å². The summed E-state index contributed by atoms with van der Waals surface area (Å²) in [6, 6.07) is 7.66. The summed E-state index contributed by atoms with van der Waals surface area (Å²) in [5.74, 6) is 0.214. The Hall–Kier alpha value is -1.68. The smallest absolute Gasteiger partial charge is 0.162 e. The van der Waals surface area contributed by atoms with Gasteiger partial charge in [0.05, 0.1) is 12.1 Å². The maximum absolute atomic E-state index is 11.7. The van der Waals surface area contributed by atoms with E-state index in [2.05, 4.69) is 10.3 Å². The van der Waals surface area contributed by atoms with Crippen molar-refractivity contribution in [2.45, 2.75) is 26.3 Å². The van der Waals surface area contributed by atoms with Crippen LogP contribution in [0.2, 0.25) is 0 Å². The van der Waals surface area contributed by atoms with Crippen molar-refractivity contribution in [2.24, 2.45) is 0 Å². The first kappa shape index (κ1) is 12.8. The Kier molecular flexibility index (Phi) is 4.47. The minimum Gasteiger partial charge on any atom is -0.380 e. The second-order valence-electron chi connectivity index (χ2n) is 4.07. The lowest BCUT2D eigenvalue weighted by molar-refractivity contribution is 0.0982. The zero-order chi connectivity index (χ0) is 12.8. The van der Waals surface area contributed by atoms with Crippen LogP contribution in [-0.4, -0.2) is 10.8 Å². The third kappa shape index (κ3) is 3.40. The molecule has 18 heavy (non-hydrogen) atoms. The minimum atomic E-state index is 0.214. The van der Waals surface area contributed by atoms with Gasteiger partial charge in [0.2, 0.25) is 0 Å². The molecule has 2 rings (SSSR count). The molecule has 0 aliphatic rings. The number of thiazole rings is 1. The second kappa shape index (κ2) is 6.31. The molecule has 0 saturated carbocycles. The van der Waals surface area contributed by atoms with Crippen molar-refractivity contribution in [2.75, 3.05) is 5.32 Å². The maximum atomic E-state index is 11.7. The molecule has 1 aromatic heterocycles. The van der Waals surface area contributed by atoms with Gasteiger partial charge in [-0.05, 0) is 30.7 Å². The number of rotatable bonds is 6. The number of ketones is 1. The largest absolute Gasteiger partial charge is 0.380 e. The molecule has 0 spiro atoms. The van der Waals surface area contributed by atoms with Gasteiger partial charge < -0.3 is 5.32 Å². The van der Waals surface area contributed by atoms with Crippen LogP contribution >= 0.6 is 11.3 Å². The number of hydrogen-bond acceptors (Lipinski definition) is 4. The van der Waals surface area contributed by atoms with Crippen LogP contribution in [0.1, 0.15) is 35.0 Å². The molecule has 0 bridgehead atoms. The van der Waals surface area contributed by atoms with Crippen molar-refractivity contribution >= 4 is 22.8 Å². The van der Waals surface area contributed by atoms with E-state index in [1.165, 1.54) is 4.88 Å². The lowest BCUT2D eigenvalue weighted by Crippen LogP contribution is -2.00. The quantitative estimate of drug-likeness (QED) is 0.804. The highest BCUT2D eigenvalue weighted by Crippen LogP contribution is 2.14. The van der Waals surface area contributed by atoms with Crippen LogP contribution < -0.4 is 5.32 Å². The Bertz CT molecular complexity index is 491. The average Bonchev–Trinajstić information content (AvgIpc) is 2.90. The highest BCUT2D eigenvalue weighted by atomic mass is 32.1. The molecular weight excluding hydrogens is 244 g/mol. The normalized spacial score (nSPS) is 10.3. The summed E-state index contributed by atoms with van der Waals surface area (Å²) >= 11 is 1.63. The summed E-state index contributed by atoms with van der Waals surface area (Å²) in [6.45, 7) is 2.79. The monoisotopic (exact) mass is 260 g/mol. The maximum Gasteiger partial charge on any atom is 0.162 e. The molecule has 1 N–H and O–H groups in total. The zero-order valence-electron chi connectivity index (χ0n) is 10.3. The van der Waals surface area contributed by atoms with Crippen LogP contribution in [0.4, 0.5) is 5.69 Å². The average molecular weight is 260 g/mol. The van der Waals surface area contributed by atoms with Crippen LogP contribution in [0.15, 0.2) is 36.0 Å². The first-order valence-corrected chi connectivity index (χ1v) is 6.92. The van der Waals surface area contributed by atoms with Gasteiger partial charge in [-0.15, -0.1) is 11.3 Å². The number of hydrogen-bond donors (Lipinski definition) is 1. The Labute approximate surface area is 111 Å². The van der Waals surface area contributed by atoms with Crippen LogP contribution in [0, 0.1) is 0 Å². The van der Waals surface area contributed by atoms with E-state index in [-0.39, 0.29) is 5.78 Å². The molecule has 0 amide bonds. The third-order valence-electron chi connectivity index (χ3n) is 2.63. The van der Waals surface area contributed by atoms with Crippen molar-refractivity contribution in [1.29, 1.82) is 0 Å². The molecule has 2 aromatic rings. The van der Waals surface area contributed by atoms with Crippen molar-refractivity contribution in [1.82, 2.24) is 4.98 Å². The van der Waals surface area contributed by atoms with Gasteiger partial charge in [-0.1, -0.05) is 6.92 Å². The minimum absolute atomic E-state index is 0.214. The van der Waals surface area contributed by atoms with Gasteiger partial charge in [0.25, 0.3) is 0 Å². The van der Waals surface area contributed by atoms with Crippen LogP contribution in [0.25, 0.3) is 0 Å². The summed E-state index contributed by atoms with van der Waals surface area (Å²) in [5.41, 5.74) is 3.64. The highest BCUT2D eigenvalue weighted by molar-refractivity contribution is 7.09. The van der Waals surface area contributed by atoms with Gasteiger partial charge in [0.15, 0.2) is 5.78 Å². The molecule has 3 nitrogen and oxygen atoms in total. The zero-order valence-corrected chi connectivity index (χ0v) is 11.2. The number of nitrogens with one attached hydrogen (secondary N) is 1. The number of anilines is 1. The van der Waals surface area contributed by atoms with Crippen LogP contribution in [-0.2, 0) is 6.54 Å². The number of benzene rings is 1. The molecule has 0 atom stereocenters. The summed E-state index contributed by atoms with van der Waals surface area (Å²) in [6.07, 6.45) is 3.37. The molecule has 1 aromatic carbocycles. The molecule has 4 heteroatoms. The third-order valence-corrected chi connectivity index (χ3v) is 3.41. The topological polar surface area (TPSA) is 42.0 Å². The van der Waals surface area contributed by atoms with E-state index in [4.69, 9.17) is 0 Å². The van der Waals surface area contributed by atoms with Gasteiger partial charge in [-0.2, -0.15) is 0 Å². The van der Waals surface area contributed by atoms with E-state index in [9.17, 15) is 4.79 Å². The van der Waals surface area contributed by atoms with Gasteiger partial charge in [-0.3, -0.25) is 9.78 Å². The molecule has 0 unspecified atom stereocenters. The summed E-state index contributed by atoms with van der Waals surface area (Å²) in [7, 11) is 0. The predicted molar refractivity (Wildman–Crippen MR) is 75.1 cm³/mol. The first-order valence-electron chi connectivity index (χ1n) is 6.04. The highest BCUT2D eigenvalue weighted by Gasteiger charge is 2.03. The fraction of sp³-hybridized carbons (Fsp3) is 0.286. The lowest BCUT2D eigenvalue weighted by Gasteiger charge is -2.05. The van der Waals surface area contributed by atoms with Crippen molar-refractivity contribution in [3.63, 3.8) is 0 Å². The molecule has 1 heterocycles. The number of Topliss-reactive ketones (excluding diaryl/α,β-unsaturated/α-hetero) is 1. The van der Waals surface area contributed by atoms with E-state index < -0.39 is 0 Å². The molecule has 0 saturated heterocycles. The standard InChI is InChI=1S/C14H16N2OS/c1-2-3-14(17)11-4-6-12(7-5-11)16-9-13-8-15-10-18-13/h4-8,10,16H,2-3,9H2,1H3. The fourth-order valence-corrected chi connectivity index (χ4v) is 2.20. The number of aromatic nitrogens is 1. The Morgan fingerprint density at radius 2 is 2.11 bits per heavy atom. The van der Waals surface area contributed by atoms with Crippen LogP contribution in [0.5, 0.6) is 0 Å². The predicted octanol–water partition coefficient (Wildman–Crippen LogP) is 3.74. The van der Waals surface area contributed by atoms with E-state index in [1.54, 1.807) is 11.3 Å². The van der Waals surface area contributed by atoms with Crippen molar-refractivity contribution in [3.8, 4) is 0 Å². The summed E-state index contributed by atoms with van der Waals surface area (Å²) in [4.78, 5) is 16.9. The molecule has 94 valence electrons. The van der Waals surface area contributed by atoms with E-state index in [1.807, 2.05) is 42.9 Å². The van der Waals surface area contributed by atoms with E-state index in [0.29, 0.717) is 6.42 Å². The summed E-state index contributed by atoms with van der Waals surface area (Å²) in [5, 5.41) is 3.30. The lowest BCUT2D eigenvalue weighted by atomic mass is 10.1. The second-order valence-corrected chi connectivity index (χ2v) is 5.04. The number of carbonyl (C=O) groups is 1. The molecule has 0 aliphatic carbocycles. The van der Waals surface area contributed by atoms with Gasteiger partial charge in [-0.25, -0.2) is 0 Å². The fourth-order valence-electron chi connectivity index (χ4n) is 1.66. The van der Waals surface area contributed by atoms with Gasteiger partial charge in [0, 0.05) is 28.7 Å². The Morgan fingerprint density at radius 1 is 1.33 bits per heavy atom.